The number of hydrogen-bond acceptors (Lipinski definition) is 7. The molecule has 0 aliphatic heterocycles. The summed E-state index contributed by atoms with van der Waals surface area (Å²) in [7, 11) is -0.167. The Kier molecular flexibility index (Phi) is 35.0. The Morgan fingerprint density at radius 2 is 1.10 bits per heavy atom. The maximum absolute atomic E-state index is 12.9. The van der Waals surface area contributed by atoms with E-state index in [0.717, 1.165) is 70.3 Å². The van der Waals surface area contributed by atoms with Crippen molar-refractivity contribution in [3.8, 4) is 0 Å². The van der Waals surface area contributed by atoms with Gasteiger partial charge in [-0.3, -0.25) is 9.59 Å². The second-order valence-corrected chi connectivity index (χ2v) is 28.7. The number of thioether (sulfide) groups is 1. The van der Waals surface area contributed by atoms with Gasteiger partial charge < -0.3 is 18.8 Å². The first-order valence-corrected chi connectivity index (χ1v) is 33.4. The molecule has 0 aromatic heterocycles. The van der Waals surface area contributed by atoms with Crippen LogP contribution < -0.4 is 10.4 Å². The third-order valence-corrected chi connectivity index (χ3v) is 22.5. The lowest BCUT2D eigenvalue weighted by molar-refractivity contribution is -0.150. The monoisotopic (exact) mass is 1030 g/mol. The maximum Gasteiger partial charge on any atom is 0.306 e. The van der Waals surface area contributed by atoms with Gasteiger partial charge in [-0.15, -0.1) is 0 Å². The van der Waals surface area contributed by atoms with Crippen LogP contribution in [0.5, 0.6) is 0 Å². The molecule has 5 atom stereocenters. The number of rotatable bonds is 43. The molecule has 412 valence electrons. The van der Waals surface area contributed by atoms with Crippen LogP contribution in [0.15, 0.2) is 60.7 Å². The smallest absolute Gasteiger partial charge is 0.306 e. The minimum absolute atomic E-state index is 0.00388. The molecule has 1 aliphatic carbocycles. The molecule has 0 bridgehead atoms. The van der Waals surface area contributed by atoms with Gasteiger partial charge in [-0.2, -0.15) is 11.8 Å². The largest absolute Gasteiger partial charge is 0.466 e. The molecule has 1 fully saturated rings. The second-order valence-electron chi connectivity index (χ2n) is 23.1. The van der Waals surface area contributed by atoms with Crippen molar-refractivity contribution in [2.75, 3.05) is 32.6 Å². The van der Waals surface area contributed by atoms with E-state index in [4.69, 9.17) is 13.9 Å². The zero-order chi connectivity index (χ0) is 52.1. The molecule has 8 heteroatoms. The van der Waals surface area contributed by atoms with E-state index < -0.39 is 8.32 Å². The molecule has 6 nitrogen and oxygen atoms in total. The molecule has 0 heterocycles. The summed E-state index contributed by atoms with van der Waals surface area (Å²) in [5, 5.41) is 3.11. The van der Waals surface area contributed by atoms with Crippen LogP contribution in [-0.2, 0) is 23.5 Å². The third kappa shape index (κ3) is 25.6. The van der Waals surface area contributed by atoms with Crippen LogP contribution in [0.3, 0.4) is 0 Å². The van der Waals surface area contributed by atoms with Crippen molar-refractivity contribution in [1.29, 1.82) is 0 Å². The highest BCUT2D eigenvalue weighted by molar-refractivity contribution is 7.99. The van der Waals surface area contributed by atoms with Crippen LogP contribution >= 0.6 is 11.8 Å². The predicted molar refractivity (Wildman–Crippen MR) is 314 cm³/mol. The number of hydrogen-bond donors (Lipinski definition) is 0. The van der Waals surface area contributed by atoms with E-state index in [2.05, 4.69) is 133 Å². The van der Waals surface area contributed by atoms with Crippen LogP contribution in [0.4, 0.5) is 0 Å². The first kappa shape index (κ1) is 64.2. The van der Waals surface area contributed by atoms with E-state index in [1.54, 1.807) is 0 Å². The van der Waals surface area contributed by atoms with Gasteiger partial charge in [-0.25, -0.2) is 0 Å². The maximum atomic E-state index is 12.9. The topological polar surface area (TPSA) is 65.1 Å². The lowest BCUT2D eigenvalue weighted by Gasteiger charge is -2.43. The van der Waals surface area contributed by atoms with Crippen molar-refractivity contribution in [3.63, 3.8) is 0 Å². The van der Waals surface area contributed by atoms with Gasteiger partial charge in [-0.1, -0.05) is 218 Å². The van der Waals surface area contributed by atoms with Gasteiger partial charge in [0.15, 0.2) is 0 Å². The molecule has 2 aromatic carbocycles. The molecule has 0 radical (unpaired) electrons. The number of carbonyl (C=O) groups is 2. The summed E-state index contributed by atoms with van der Waals surface area (Å²) in [6.07, 6.45) is 36.9. The molecule has 0 spiro atoms. The van der Waals surface area contributed by atoms with E-state index in [1.807, 2.05) is 0 Å². The van der Waals surface area contributed by atoms with E-state index in [0.29, 0.717) is 42.6 Å². The van der Waals surface area contributed by atoms with Crippen molar-refractivity contribution < 1.29 is 23.5 Å². The molecule has 72 heavy (non-hydrogen) atoms. The summed E-state index contributed by atoms with van der Waals surface area (Å²) in [6.45, 7) is 18.6. The molecule has 2 aromatic rings. The van der Waals surface area contributed by atoms with E-state index in [9.17, 15) is 9.59 Å². The average molecular weight is 1030 g/mol. The number of carbonyl (C=O) groups excluding carboxylic acids is 2. The Balaban J connectivity index is 1.71. The Hall–Kier alpha value is -2.13. The van der Waals surface area contributed by atoms with Gasteiger partial charge in [0.2, 0.25) is 0 Å². The molecule has 3 rings (SSSR count). The lowest BCUT2D eigenvalue weighted by atomic mass is 9.87. The van der Waals surface area contributed by atoms with Gasteiger partial charge in [0, 0.05) is 30.7 Å². The highest BCUT2D eigenvalue weighted by Gasteiger charge is 2.50. The number of unbranched alkanes of at least 4 members (excludes halogenated alkanes) is 13. The molecule has 0 saturated heterocycles. The fraction of sp³-hybridized carbons (Fsp3) is 0.781. The highest BCUT2D eigenvalue weighted by atomic mass is 32.2. The Morgan fingerprint density at radius 3 is 1.65 bits per heavy atom. The fourth-order valence-electron chi connectivity index (χ4n) is 11.5. The number of ether oxygens (including phenoxy) is 2. The number of esters is 2. The fourth-order valence-corrected chi connectivity index (χ4v) is 17.6. The first-order chi connectivity index (χ1) is 35.0. The zero-order valence-electron chi connectivity index (χ0n) is 48.0. The van der Waals surface area contributed by atoms with Crippen LogP contribution in [0.2, 0.25) is 5.04 Å². The quantitative estimate of drug-likeness (QED) is 0.0372. The molecule has 0 amide bonds. The summed E-state index contributed by atoms with van der Waals surface area (Å²) in [4.78, 5) is 28.4. The third-order valence-electron chi connectivity index (χ3n) is 16.1. The van der Waals surface area contributed by atoms with Crippen LogP contribution in [0.1, 0.15) is 254 Å². The van der Waals surface area contributed by atoms with Crippen molar-refractivity contribution in [1.82, 2.24) is 4.90 Å². The minimum atomic E-state index is -2.57. The highest BCUT2D eigenvalue weighted by Crippen LogP contribution is 2.37. The summed E-state index contributed by atoms with van der Waals surface area (Å²) < 4.78 is 19.5. The van der Waals surface area contributed by atoms with Crippen molar-refractivity contribution in [2.24, 2.45) is 11.8 Å². The van der Waals surface area contributed by atoms with Gasteiger partial charge in [0.1, 0.15) is 6.10 Å². The second kappa shape index (κ2) is 39.3. The van der Waals surface area contributed by atoms with E-state index in [1.165, 1.54) is 152 Å². The Bertz CT molecular complexity index is 1580. The molecule has 1 saturated carbocycles. The summed E-state index contributed by atoms with van der Waals surface area (Å²) in [5.41, 5.74) is 0. The average Bonchev–Trinajstić information content (AvgIpc) is 3.37. The number of benzene rings is 2. The van der Waals surface area contributed by atoms with Crippen LogP contribution in [0, 0.1) is 11.8 Å². The SMILES string of the molecule is CCCCCCCC(=O)OCCC(CCCCC)CCC(CCC(CCCCC)CCSC1CCCC[C@H]1OC(=O)CCCCCCC)N(C)CCCCO[Si](c1ccccc1)(c1ccccc1)C(C)(C)C. The minimum Gasteiger partial charge on any atom is -0.466 e. The first-order valence-electron chi connectivity index (χ1n) is 30.4. The van der Waals surface area contributed by atoms with Gasteiger partial charge in [0.25, 0.3) is 8.32 Å². The standard InChI is InChI=1S/C64H111NO5SSi/c1-9-13-17-19-29-43-62(66)68-53-49-55(35-23-15-11-3)45-47-57(65(8)51-33-34-52-69-72(64(5,6)7,58-37-25-21-26-38-58)59-39-27-22-28-40-59)48-46-56(36-24-16-12-4)50-54-71-61-42-32-31-41-60(61)70-63(67)44-30-20-18-14-10-2/h21-22,25-28,37-40,55-57,60-61H,9-20,23-24,29-36,41-54H2,1-8H3/t55?,56?,57?,60-,61?/m1/s1. The van der Waals surface area contributed by atoms with Crippen LogP contribution in [-0.4, -0.2) is 75.1 Å². The van der Waals surface area contributed by atoms with Crippen molar-refractivity contribution >= 4 is 42.4 Å². The molecule has 0 N–H and O–H groups in total. The van der Waals surface area contributed by atoms with Crippen molar-refractivity contribution in [3.05, 3.63) is 60.7 Å². The molecular weight excluding hydrogens is 923 g/mol. The van der Waals surface area contributed by atoms with Gasteiger partial charge >= 0.3 is 11.9 Å². The summed E-state index contributed by atoms with van der Waals surface area (Å²) in [5.74, 6) is 2.49. The van der Waals surface area contributed by atoms with Crippen LogP contribution in [0.25, 0.3) is 0 Å². The number of nitrogens with zero attached hydrogens (tertiary/aromatic N) is 1. The lowest BCUT2D eigenvalue weighted by Crippen LogP contribution is -2.66. The zero-order valence-corrected chi connectivity index (χ0v) is 49.8. The Morgan fingerprint density at radius 1 is 0.583 bits per heavy atom. The van der Waals surface area contributed by atoms with Gasteiger partial charge in [0.05, 0.1) is 6.61 Å². The van der Waals surface area contributed by atoms with E-state index >= 15 is 0 Å². The van der Waals surface area contributed by atoms with E-state index in [-0.39, 0.29) is 23.1 Å². The molecule has 4 unspecified atom stereocenters. The predicted octanol–water partition coefficient (Wildman–Crippen LogP) is 17.2. The van der Waals surface area contributed by atoms with Crippen molar-refractivity contribution in [2.45, 2.75) is 276 Å². The molecular formula is C64H111NO5SSi. The normalized spacial score (nSPS) is 16.7. The van der Waals surface area contributed by atoms with Gasteiger partial charge in [-0.05, 0) is 130 Å². The summed E-state index contributed by atoms with van der Waals surface area (Å²) >= 11 is 2.11. The summed E-state index contributed by atoms with van der Waals surface area (Å²) in [6, 6.07) is 22.7. The Labute approximate surface area is 450 Å². The molecule has 1 aliphatic rings.